The minimum Gasteiger partial charge on any atom is -0.444 e. The lowest BCUT2D eigenvalue weighted by Gasteiger charge is -2.34. The number of aliphatic hydroxyl groups excluding tert-OH is 1. The summed E-state index contributed by atoms with van der Waals surface area (Å²) in [5, 5.41) is 15.9. The van der Waals surface area contributed by atoms with E-state index in [1.165, 1.54) is 10.0 Å². The van der Waals surface area contributed by atoms with Crippen molar-refractivity contribution in [3.63, 3.8) is 0 Å². The van der Waals surface area contributed by atoms with Gasteiger partial charge in [-0.2, -0.15) is 0 Å². The first-order valence-corrected chi connectivity index (χ1v) is 13.6. The molecule has 3 N–H and O–H groups in total. The van der Waals surface area contributed by atoms with Gasteiger partial charge < -0.3 is 24.9 Å². The molecule has 0 bridgehead atoms. The molecule has 2 heterocycles. The van der Waals surface area contributed by atoms with E-state index >= 15 is 0 Å². The van der Waals surface area contributed by atoms with Crippen LogP contribution in [0.25, 0.3) is 10.9 Å². The summed E-state index contributed by atoms with van der Waals surface area (Å²) in [6, 6.07) is 15.9. The molecule has 40 heavy (non-hydrogen) atoms. The number of H-pyrrole nitrogens is 1. The van der Waals surface area contributed by atoms with Crippen LogP contribution >= 0.6 is 0 Å². The van der Waals surface area contributed by atoms with Gasteiger partial charge in [0.2, 0.25) is 0 Å². The number of amides is 3. The van der Waals surface area contributed by atoms with Crippen molar-refractivity contribution < 1.29 is 29.0 Å². The Morgan fingerprint density at radius 1 is 1.10 bits per heavy atom. The van der Waals surface area contributed by atoms with Crippen molar-refractivity contribution in [2.45, 2.75) is 70.7 Å². The van der Waals surface area contributed by atoms with E-state index in [2.05, 4.69) is 10.3 Å². The summed E-state index contributed by atoms with van der Waals surface area (Å²) in [6.07, 6.45) is 2.03. The maximum atomic E-state index is 14.1. The van der Waals surface area contributed by atoms with Gasteiger partial charge in [0.25, 0.3) is 5.91 Å². The zero-order chi connectivity index (χ0) is 28.7. The number of fused-ring (bicyclic) bond motifs is 1. The van der Waals surface area contributed by atoms with Crippen molar-refractivity contribution in [1.29, 1.82) is 0 Å². The Kier molecular flexibility index (Phi) is 9.31. The Morgan fingerprint density at radius 2 is 1.82 bits per heavy atom. The molecule has 214 valence electrons. The van der Waals surface area contributed by atoms with Gasteiger partial charge in [-0.1, -0.05) is 48.5 Å². The Morgan fingerprint density at radius 3 is 2.55 bits per heavy atom. The second-order valence-corrected chi connectivity index (χ2v) is 10.9. The molecular weight excluding hydrogens is 512 g/mol. The minimum absolute atomic E-state index is 0.0649. The van der Waals surface area contributed by atoms with Crippen LogP contribution in [0.5, 0.6) is 0 Å². The third kappa shape index (κ3) is 7.32. The molecular formula is C30H38N4O6. The zero-order valence-corrected chi connectivity index (χ0v) is 23.3. The lowest BCUT2D eigenvalue weighted by atomic mass is 10.0. The lowest BCUT2D eigenvalue weighted by Crippen LogP contribution is -2.56. The molecule has 2 atom stereocenters. The highest BCUT2D eigenvalue weighted by Crippen LogP contribution is 2.28. The van der Waals surface area contributed by atoms with Gasteiger partial charge in [-0.15, -0.1) is 0 Å². The number of rotatable bonds is 9. The largest absolute Gasteiger partial charge is 0.444 e. The number of alkyl carbamates (subject to hydrolysis) is 1. The molecule has 0 radical (unpaired) electrons. The van der Waals surface area contributed by atoms with E-state index < -0.39 is 29.7 Å². The normalized spacial score (nSPS) is 16.1. The molecule has 1 fully saturated rings. The number of nitrogens with one attached hydrogen (secondary N) is 2. The molecule has 1 aliphatic rings. The molecule has 1 saturated heterocycles. The molecule has 10 heteroatoms. The van der Waals surface area contributed by atoms with Gasteiger partial charge in [-0.3, -0.25) is 4.79 Å². The van der Waals surface area contributed by atoms with E-state index in [0.29, 0.717) is 12.8 Å². The van der Waals surface area contributed by atoms with Crippen molar-refractivity contribution in [3.05, 3.63) is 71.9 Å². The molecule has 4 rings (SSSR count). The highest BCUT2D eigenvalue weighted by Gasteiger charge is 2.42. The summed E-state index contributed by atoms with van der Waals surface area (Å²) in [5.41, 5.74) is 2.08. The fourth-order valence-electron chi connectivity index (χ4n) is 4.88. The zero-order valence-electron chi connectivity index (χ0n) is 23.3. The summed E-state index contributed by atoms with van der Waals surface area (Å²) in [4.78, 5) is 43.3. The number of para-hydroxylation sites is 1. The number of nitrogens with zero attached hydrogens (tertiary/aromatic N) is 2. The number of aromatic amines is 1. The average molecular weight is 551 g/mol. The molecule has 3 amide bonds. The monoisotopic (exact) mass is 550 g/mol. The van der Waals surface area contributed by atoms with Gasteiger partial charge in [0, 0.05) is 30.3 Å². The molecule has 2 aromatic carbocycles. The number of ether oxygens (including phenoxy) is 2. The van der Waals surface area contributed by atoms with E-state index in [-0.39, 0.29) is 38.6 Å². The second kappa shape index (κ2) is 12.9. The van der Waals surface area contributed by atoms with E-state index in [0.717, 1.165) is 22.0 Å². The predicted molar refractivity (Wildman–Crippen MR) is 150 cm³/mol. The third-order valence-electron chi connectivity index (χ3n) is 6.69. The second-order valence-electron chi connectivity index (χ2n) is 10.9. The molecule has 0 spiro atoms. The van der Waals surface area contributed by atoms with Crippen molar-refractivity contribution in [3.8, 4) is 0 Å². The SMILES string of the molecule is CC(C)(C)OC(=O)N[C@@H](CCCO)C(=O)N1[C@H](Cc2c[nH]c3ccccc23)CCN1C(=O)OCc1ccccc1. The first-order valence-electron chi connectivity index (χ1n) is 13.6. The Hall–Kier alpha value is -4.05. The van der Waals surface area contributed by atoms with Crippen molar-refractivity contribution in [2.24, 2.45) is 0 Å². The van der Waals surface area contributed by atoms with Gasteiger partial charge in [-0.05, 0) is 63.6 Å². The highest BCUT2D eigenvalue weighted by molar-refractivity contribution is 5.88. The average Bonchev–Trinajstić information content (AvgIpc) is 3.53. The van der Waals surface area contributed by atoms with E-state index in [4.69, 9.17) is 9.47 Å². The number of hydrogen-bond donors (Lipinski definition) is 3. The Balaban J connectivity index is 1.58. The number of aromatic nitrogens is 1. The van der Waals surface area contributed by atoms with Crippen LogP contribution < -0.4 is 5.32 Å². The van der Waals surface area contributed by atoms with Crippen LogP contribution in [0.1, 0.15) is 51.2 Å². The van der Waals surface area contributed by atoms with E-state index in [1.807, 2.05) is 60.8 Å². The van der Waals surface area contributed by atoms with Gasteiger partial charge in [0.05, 0.1) is 6.04 Å². The number of hydrogen-bond acceptors (Lipinski definition) is 6. The molecule has 0 aliphatic carbocycles. The highest BCUT2D eigenvalue weighted by atomic mass is 16.6. The fourth-order valence-corrected chi connectivity index (χ4v) is 4.88. The van der Waals surface area contributed by atoms with Crippen molar-refractivity contribution >= 4 is 29.0 Å². The number of carbonyl (C=O) groups excluding carboxylic acids is 3. The summed E-state index contributed by atoms with van der Waals surface area (Å²) >= 11 is 0. The molecule has 10 nitrogen and oxygen atoms in total. The maximum Gasteiger partial charge on any atom is 0.429 e. The maximum absolute atomic E-state index is 14.1. The van der Waals surface area contributed by atoms with Gasteiger partial charge >= 0.3 is 12.2 Å². The van der Waals surface area contributed by atoms with Gasteiger partial charge in [0.1, 0.15) is 18.2 Å². The standard InChI is InChI=1S/C30H38N4O6/c1-30(2,3)40-28(37)32-26(14-9-17-35)27(36)34-23(18-22-19-31-25-13-8-7-12-24(22)25)15-16-33(34)29(38)39-20-21-10-5-4-6-11-21/h4-8,10-13,19,23,26,31,35H,9,14-18,20H2,1-3H3,(H,32,37)/t23-,26-/m0/s1. The number of carbonyl (C=O) groups is 3. The lowest BCUT2D eigenvalue weighted by molar-refractivity contribution is -0.148. The molecule has 3 aromatic rings. The van der Waals surface area contributed by atoms with Crippen LogP contribution in [0, 0.1) is 0 Å². The Bertz CT molecular complexity index is 1300. The van der Waals surface area contributed by atoms with Crippen LogP contribution in [-0.4, -0.2) is 69.0 Å². The van der Waals surface area contributed by atoms with E-state index in [1.54, 1.807) is 20.8 Å². The van der Waals surface area contributed by atoms with Crippen LogP contribution in [0.4, 0.5) is 9.59 Å². The fraction of sp³-hybridized carbons (Fsp3) is 0.433. The first-order chi connectivity index (χ1) is 19.2. The number of hydrazine groups is 1. The summed E-state index contributed by atoms with van der Waals surface area (Å²) in [6.45, 7) is 5.40. The predicted octanol–water partition coefficient (Wildman–Crippen LogP) is 4.53. The van der Waals surface area contributed by atoms with Crippen LogP contribution in [0.3, 0.4) is 0 Å². The van der Waals surface area contributed by atoms with Gasteiger partial charge in [-0.25, -0.2) is 19.6 Å². The van der Waals surface area contributed by atoms with Gasteiger partial charge in [0.15, 0.2) is 0 Å². The quantitative estimate of drug-likeness (QED) is 0.360. The van der Waals surface area contributed by atoms with Crippen LogP contribution in [0.15, 0.2) is 60.8 Å². The topological polar surface area (TPSA) is 124 Å². The third-order valence-corrected chi connectivity index (χ3v) is 6.69. The molecule has 0 unspecified atom stereocenters. The summed E-state index contributed by atoms with van der Waals surface area (Å²) in [7, 11) is 0. The minimum atomic E-state index is -1.00. The summed E-state index contributed by atoms with van der Waals surface area (Å²) in [5.74, 6) is -0.460. The summed E-state index contributed by atoms with van der Waals surface area (Å²) < 4.78 is 11.0. The van der Waals surface area contributed by atoms with Crippen LogP contribution in [0.2, 0.25) is 0 Å². The Labute approximate surface area is 234 Å². The molecule has 1 aromatic heterocycles. The van der Waals surface area contributed by atoms with E-state index in [9.17, 15) is 19.5 Å². The number of benzene rings is 2. The van der Waals surface area contributed by atoms with Crippen LogP contribution in [-0.2, 0) is 27.3 Å². The molecule has 1 aliphatic heterocycles. The first kappa shape index (κ1) is 28.9. The van der Waals surface area contributed by atoms with Crippen molar-refractivity contribution in [1.82, 2.24) is 20.3 Å². The van der Waals surface area contributed by atoms with Crippen molar-refractivity contribution in [2.75, 3.05) is 13.2 Å². The molecule has 0 saturated carbocycles. The smallest absolute Gasteiger partial charge is 0.429 e. The number of aliphatic hydroxyl groups is 1.